The minimum absolute atomic E-state index is 0.00741. The van der Waals surface area contributed by atoms with Gasteiger partial charge in [0, 0.05) is 13.2 Å². The number of imide groups is 1. The van der Waals surface area contributed by atoms with Gasteiger partial charge in [-0.15, -0.1) is 0 Å². The average molecular weight is 381 g/mol. The second-order valence-corrected chi connectivity index (χ2v) is 7.41. The van der Waals surface area contributed by atoms with E-state index in [0.717, 1.165) is 28.5 Å². The van der Waals surface area contributed by atoms with Crippen LogP contribution in [0.15, 0.2) is 42.5 Å². The molecule has 0 radical (unpaired) electrons. The fourth-order valence-electron chi connectivity index (χ4n) is 3.92. The first-order valence-electron chi connectivity index (χ1n) is 9.50. The van der Waals surface area contributed by atoms with Crippen LogP contribution in [0.25, 0.3) is 10.8 Å². The Morgan fingerprint density at radius 1 is 1.25 bits per heavy atom. The van der Waals surface area contributed by atoms with Crippen LogP contribution in [0.1, 0.15) is 25.3 Å². The molecule has 2 atom stereocenters. The van der Waals surface area contributed by atoms with Crippen molar-refractivity contribution in [3.63, 3.8) is 0 Å². The summed E-state index contributed by atoms with van der Waals surface area (Å²) in [6.07, 6.45) is 1.90. The van der Waals surface area contributed by atoms with Gasteiger partial charge in [0.1, 0.15) is 12.1 Å². The van der Waals surface area contributed by atoms with Gasteiger partial charge in [-0.05, 0) is 36.1 Å². The molecule has 28 heavy (non-hydrogen) atoms. The van der Waals surface area contributed by atoms with Crippen molar-refractivity contribution in [3.8, 4) is 0 Å². The van der Waals surface area contributed by atoms with Crippen molar-refractivity contribution in [1.29, 1.82) is 0 Å². The molecule has 0 aromatic heterocycles. The summed E-state index contributed by atoms with van der Waals surface area (Å²) in [5, 5.41) is 7.40. The molecule has 2 fully saturated rings. The lowest BCUT2D eigenvalue weighted by atomic mass is 9.88. The number of nitrogens with one attached hydrogen (secondary N) is 2. The highest BCUT2D eigenvalue weighted by molar-refractivity contribution is 6.10. The molecule has 0 bridgehead atoms. The summed E-state index contributed by atoms with van der Waals surface area (Å²) >= 11 is 0. The van der Waals surface area contributed by atoms with E-state index in [0.29, 0.717) is 18.7 Å². The van der Waals surface area contributed by atoms with Gasteiger partial charge in [-0.3, -0.25) is 14.5 Å². The highest BCUT2D eigenvalue weighted by atomic mass is 16.5. The van der Waals surface area contributed by atoms with Gasteiger partial charge in [-0.1, -0.05) is 42.5 Å². The molecular weight excluding hydrogens is 358 g/mol. The molecule has 2 N–H and O–H groups in total. The SMILES string of the molecule is CC1(c2cccc3ccccc23)NC(=O)N(CC(=O)NCC2CCCO2)C1=O. The van der Waals surface area contributed by atoms with Crippen molar-refractivity contribution in [2.75, 3.05) is 19.7 Å². The fourth-order valence-corrected chi connectivity index (χ4v) is 3.92. The van der Waals surface area contributed by atoms with Gasteiger partial charge >= 0.3 is 6.03 Å². The second kappa shape index (κ2) is 7.24. The summed E-state index contributed by atoms with van der Waals surface area (Å²) < 4.78 is 5.47. The van der Waals surface area contributed by atoms with Crippen LogP contribution >= 0.6 is 0 Å². The van der Waals surface area contributed by atoms with E-state index >= 15 is 0 Å². The second-order valence-electron chi connectivity index (χ2n) is 7.41. The summed E-state index contributed by atoms with van der Waals surface area (Å²) in [5.74, 6) is -0.803. The Kier molecular flexibility index (Phi) is 4.77. The average Bonchev–Trinajstić information content (AvgIpc) is 3.29. The van der Waals surface area contributed by atoms with E-state index in [1.165, 1.54) is 0 Å². The molecule has 2 aliphatic heterocycles. The number of ether oxygens (including phenoxy) is 1. The number of urea groups is 1. The first kappa shape index (κ1) is 18.4. The number of rotatable bonds is 5. The summed E-state index contributed by atoms with van der Waals surface area (Å²) in [7, 11) is 0. The van der Waals surface area contributed by atoms with Gasteiger partial charge in [0.15, 0.2) is 0 Å². The minimum Gasteiger partial charge on any atom is -0.376 e. The van der Waals surface area contributed by atoms with E-state index < -0.39 is 17.5 Å². The standard InChI is InChI=1S/C21H23N3O4/c1-21(17-10-4-7-14-6-2-3-9-16(14)17)19(26)24(20(27)23-21)13-18(25)22-12-15-8-5-11-28-15/h2-4,6-7,9-10,15H,5,8,11-13H2,1H3,(H,22,25)(H,23,27). The number of hydrogen-bond donors (Lipinski definition) is 2. The lowest BCUT2D eigenvalue weighted by Crippen LogP contribution is -2.44. The number of fused-ring (bicyclic) bond motifs is 1. The maximum atomic E-state index is 13.1. The van der Waals surface area contributed by atoms with Crippen molar-refractivity contribution in [1.82, 2.24) is 15.5 Å². The van der Waals surface area contributed by atoms with Gasteiger partial charge in [-0.2, -0.15) is 0 Å². The van der Waals surface area contributed by atoms with Gasteiger partial charge < -0.3 is 15.4 Å². The topological polar surface area (TPSA) is 87.7 Å². The molecule has 2 heterocycles. The minimum atomic E-state index is -1.22. The zero-order chi connectivity index (χ0) is 19.7. The molecule has 2 saturated heterocycles. The first-order valence-corrected chi connectivity index (χ1v) is 9.50. The molecule has 2 aliphatic rings. The molecule has 2 unspecified atom stereocenters. The molecule has 0 spiro atoms. The summed E-state index contributed by atoms with van der Waals surface area (Å²) in [6.45, 7) is 2.47. The predicted molar refractivity (Wildman–Crippen MR) is 104 cm³/mol. The fraction of sp³-hybridized carbons (Fsp3) is 0.381. The van der Waals surface area contributed by atoms with Crippen LogP contribution < -0.4 is 10.6 Å². The quantitative estimate of drug-likeness (QED) is 0.775. The molecule has 2 aromatic rings. The Morgan fingerprint density at radius 2 is 2.04 bits per heavy atom. The highest BCUT2D eigenvalue weighted by Crippen LogP contribution is 2.33. The molecule has 2 aromatic carbocycles. The summed E-state index contributed by atoms with van der Waals surface area (Å²) in [4.78, 5) is 38.9. The smallest absolute Gasteiger partial charge is 0.325 e. The molecule has 0 saturated carbocycles. The van der Waals surface area contributed by atoms with Crippen molar-refractivity contribution in [3.05, 3.63) is 48.0 Å². The van der Waals surface area contributed by atoms with Crippen LogP contribution in [-0.2, 0) is 19.9 Å². The summed E-state index contributed by atoms with van der Waals surface area (Å²) in [5.41, 5.74) is -0.501. The van der Waals surface area contributed by atoms with Crippen LogP contribution in [-0.4, -0.2) is 48.5 Å². The maximum absolute atomic E-state index is 13.1. The lowest BCUT2D eigenvalue weighted by Gasteiger charge is -2.24. The van der Waals surface area contributed by atoms with Crippen LogP contribution in [0, 0.1) is 0 Å². The van der Waals surface area contributed by atoms with Gasteiger partial charge in [0.25, 0.3) is 5.91 Å². The Morgan fingerprint density at radius 3 is 2.82 bits per heavy atom. The van der Waals surface area contributed by atoms with Crippen molar-refractivity contribution in [2.24, 2.45) is 0 Å². The number of amides is 4. The molecule has 4 rings (SSSR count). The van der Waals surface area contributed by atoms with Crippen LogP contribution in [0.5, 0.6) is 0 Å². The third kappa shape index (κ3) is 3.22. The third-order valence-electron chi connectivity index (χ3n) is 5.46. The van der Waals surface area contributed by atoms with Gasteiger partial charge in [0.2, 0.25) is 5.91 Å². The highest BCUT2D eigenvalue weighted by Gasteiger charge is 2.50. The zero-order valence-corrected chi connectivity index (χ0v) is 15.7. The molecule has 0 aliphatic carbocycles. The first-order chi connectivity index (χ1) is 13.5. The third-order valence-corrected chi connectivity index (χ3v) is 5.46. The van der Waals surface area contributed by atoms with E-state index in [-0.39, 0.29) is 18.6 Å². The molecule has 4 amide bonds. The number of carbonyl (C=O) groups is 3. The zero-order valence-electron chi connectivity index (χ0n) is 15.7. The van der Waals surface area contributed by atoms with E-state index in [1.54, 1.807) is 6.92 Å². The van der Waals surface area contributed by atoms with Crippen molar-refractivity contribution < 1.29 is 19.1 Å². The van der Waals surface area contributed by atoms with Gasteiger partial charge in [0.05, 0.1) is 6.10 Å². The maximum Gasteiger partial charge on any atom is 0.325 e. The van der Waals surface area contributed by atoms with Crippen LogP contribution in [0.4, 0.5) is 4.79 Å². The molecule has 146 valence electrons. The van der Waals surface area contributed by atoms with E-state index in [9.17, 15) is 14.4 Å². The Labute approximate surface area is 163 Å². The Bertz CT molecular complexity index is 933. The molecular formula is C21H23N3O4. The van der Waals surface area contributed by atoms with E-state index in [4.69, 9.17) is 4.74 Å². The van der Waals surface area contributed by atoms with Crippen molar-refractivity contribution >= 4 is 28.6 Å². The number of hydrogen-bond acceptors (Lipinski definition) is 4. The van der Waals surface area contributed by atoms with Crippen LogP contribution in [0.2, 0.25) is 0 Å². The molecule has 7 nitrogen and oxygen atoms in total. The van der Waals surface area contributed by atoms with E-state index in [2.05, 4.69) is 10.6 Å². The summed E-state index contributed by atoms with van der Waals surface area (Å²) in [6, 6.07) is 12.8. The lowest BCUT2D eigenvalue weighted by molar-refractivity contribution is -0.134. The number of benzene rings is 2. The molecule has 7 heteroatoms. The number of carbonyl (C=O) groups excluding carboxylic acids is 3. The monoisotopic (exact) mass is 381 g/mol. The van der Waals surface area contributed by atoms with Crippen LogP contribution in [0.3, 0.4) is 0 Å². The van der Waals surface area contributed by atoms with Crippen molar-refractivity contribution in [2.45, 2.75) is 31.4 Å². The van der Waals surface area contributed by atoms with Gasteiger partial charge in [-0.25, -0.2) is 4.79 Å². The largest absolute Gasteiger partial charge is 0.376 e. The Hall–Kier alpha value is -2.93. The predicted octanol–water partition coefficient (Wildman–Crippen LogP) is 1.90. The number of nitrogens with zero attached hydrogens (tertiary/aromatic N) is 1. The van der Waals surface area contributed by atoms with E-state index in [1.807, 2.05) is 42.5 Å². The Balaban J connectivity index is 1.52. The normalized spacial score (nSPS) is 24.6.